The Bertz CT molecular complexity index is 414. The molecule has 1 amide bonds. The first-order valence-corrected chi connectivity index (χ1v) is 5.82. The van der Waals surface area contributed by atoms with Crippen molar-refractivity contribution in [1.29, 1.82) is 0 Å². The molecule has 1 aromatic rings. The number of hydrogen-bond acceptors (Lipinski definition) is 4. The minimum Gasteiger partial charge on any atom is -0.452 e. The zero-order chi connectivity index (χ0) is 12.8. The average molecular weight is 301 g/mol. The van der Waals surface area contributed by atoms with Crippen molar-refractivity contribution in [2.75, 3.05) is 18.9 Å². The number of ether oxygens (including phenoxy) is 1. The Labute approximate surface area is 107 Å². The third-order valence-corrected chi connectivity index (χ3v) is 2.32. The van der Waals surface area contributed by atoms with Crippen molar-refractivity contribution in [2.45, 2.75) is 6.92 Å². The second-order valence-electron chi connectivity index (χ2n) is 3.30. The lowest BCUT2D eigenvalue weighted by molar-refractivity contribution is -0.124. The number of hydrogen-bond donors (Lipinski definition) is 2. The van der Waals surface area contributed by atoms with Crippen LogP contribution in [0.1, 0.15) is 17.3 Å². The SMILES string of the molecule is CCNC(=O)COC(=O)c1cc(N)cc(Br)c1. The molecule has 0 spiro atoms. The number of carbonyl (C=O) groups is 2. The molecule has 0 bridgehead atoms. The fourth-order valence-corrected chi connectivity index (χ4v) is 1.70. The van der Waals surface area contributed by atoms with Crippen molar-refractivity contribution in [3.8, 4) is 0 Å². The number of anilines is 1. The van der Waals surface area contributed by atoms with Crippen LogP contribution in [0.15, 0.2) is 22.7 Å². The number of nitrogen functional groups attached to an aromatic ring is 1. The van der Waals surface area contributed by atoms with Crippen molar-refractivity contribution in [2.24, 2.45) is 0 Å². The molecule has 0 fully saturated rings. The molecular weight excluding hydrogens is 288 g/mol. The van der Waals surface area contributed by atoms with Crippen LogP contribution in [0, 0.1) is 0 Å². The summed E-state index contributed by atoms with van der Waals surface area (Å²) in [5.41, 5.74) is 6.34. The molecule has 0 saturated heterocycles. The number of carbonyl (C=O) groups excluding carboxylic acids is 2. The van der Waals surface area contributed by atoms with E-state index in [0.29, 0.717) is 22.3 Å². The van der Waals surface area contributed by atoms with Gasteiger partial charge in [0.25, 0.3) is 5.91 Å². The van der Waals surface area contributed by atoms with E-state index < -0.39 is 5.97 Å². The fourth-order valence-electron chi connectivity index (χ4n) is 1.19. The summed E-state index contributed by atoms with van der Waals surface area (Å²) in [4.78, 5) is 22.7. The lowest BCUT2D eigenvalue weighted by atomic mass is 10.2. The van der Waals surface area contributed by atoms with Crippen molar-refractivity contribution in [3.05, 3.63) is 28.2 Å². The van der Waals surface area contributed by atoms with Crippen molar-refractivity contribution >= 4 is 33.5 Å². The van der Waals surface area contributed by atoms with Gasteiger partial charge in [0.05, 0.1) is 5.56 Å². The van der Waals surface area contributed by atoms with Crippen LogP contribution in [0.25, 0.3) is 0 Å². The fraction of sp³-hybridized carbons (Fsp3) is 0.273. The van der Waals surface area contributed by atoms with Crippen LogP contribution in [-0.2, 0) is 9.53 Å². The number of esters is 1. The molecule has 3 N–H and O–H groups in total. The molecule has 17 heavy (non-hydrogen) atoms. The van der Waals surface area contributed by atoms with Gasteiger partial charge >= 0.3 is 5.97 Å². The Morgan fingerprint density at radius 3 is 2.71 bits per heavy atom. The highest BCUT2D eigenvalue weighted by atomic mass is 79.9. The number of nitrogens with two attached hydrogens (primary N) is 1. The number of rotatable bonds is 4. The molecule has 1 rings (SSSR count). The number of benzene rings is 1. The maximum atomic E-state index is 11.6. The van der Waals surface area contributed by atoms with Gasteiger partial charge in [-0.3, -0.25) is 4.79 Å². The van der Waals surface area contributed by atoms with Crippen LogP contribution >= 0.6 is 15.9 Å². The predicted molar refractivity (Wildman–Crippen MR) is 67.5 cm³/mol. The van der Waals surface area contributed by atoms with E-state index in [2.05, 4.69) is 21.2 Å². The Morgan fingerprint density at radius 1 is 1.41 bits per heavy atom. The van der Waals surface area contributed by atoms with E-state index in [1.807, 2.05) is 0 Å². The van der Waals surface area contributed by atoms with E-state index in [4.69, 9.17) is 10.5 Å². The van der Waals surface area contributed by atoms with E-state index in [1.54, 1.807) is 19.1 Å². The quantitative estimate of drug-likeness (QED) is 0.649. The van der Waals surface area contributed by atoms with Crippen LogP contribution in [0.5, 0.6) is 0 Å². The molecule has 0 heterocycles. The summed E-state index contributed by atoms with van der Waals surface area (Å²) >= 11 is 3.22. The summed E-state index contributed by atoms with van der Waals surface area (Å²) in [6.07, 6.45) is 0. The summed E-state index contributed by atoms with van der Waals surface area (Å²) in [6, 6.07) is 4.74. The van der Waals surface area contributed by atoms with Gasteiger partial charge in [-0.1, -0.05) is 15.9 Å². The molecule has 0 atom stereocenters. The molecule has 0 aliphatic carbocycles. The molecule has 1 aromatic carbocycles. The van der Waals surface area contributed by atoms with Gasteiger partial charge < -0.3 is 15.8 Å². The highest BCUT2D eigenvalue weighted by molar-refractivity contribution is 9.10. The van der Waals surface area contributed by atoms with E-state index in [1.165, 1.54) is 6.07 Å². The summed E-state index contributed by atoms with van der Waals surface area (Å²) in [7, 11) is 0. The van der Waals surface area contributed by atoms with Crippen LogP contribution < -0.4 is 11.1 Å². The molecule has 0 radical (unpaired) electrons. The molecule has 0 unspecified atom stereocenters. The smallest absolute Gasteiger partial charge is 0.338 e. The Balaban J connectivity index is 2.61. The van der Waals surface area contributed by atoms with E-state index in [0.717, 1.165) is 0 Å². The monoisotopic (exact) mass is 300 g/mol. The largest absolute Gasteiger partial charge is 0.452 e. The lowest BCUT2D eigenvalue weighted by Crippen LogP contribution is -2.28. The van der Waals surface area contributed by atoms with Crippen molar-refractivity contribution < 1.29 is 14.3 Å². The molecule has 0 aromatic heterocycles. The molecule has 92 valence electrons. The highest BCUT2D eigenvalue weighted by Crippen LogP contribution is 2.17. The first-order valence-electron chi connectivity index (χ1n) is 5.02. The van der Waals surface area contributed by atoms with Gasteiger partial charge in [-0.05, 0) is 25.1 Å². The molecular formula is C11H13BrN2O3. The van der Waals surface area contributed by atoms with Crippen LogP contribution in [0.4, 0.5) is 5.69 Å². The molecule has 0 aliphatic rings. The van der Waals surface area contributed by atoms with Gasteiger partial charge in [0, 0.05) is 16.7 Å². The predicted octanol–water partition coefficient (Wildman–Crippen LogP) is 1.32. The number of amides is 1. The minimum atomic E-state index is -0.579. The topological polar surface area (TPSA) is 81.4 Å². The molecule has 0 aliphatic heterocycles. The van der Waals surface area contributed by atoms with Crippen LogP contribution in [0.3, 0.4) is 0 Å². The maximum Gasteiger partial charge on any atom is 0.338 e. The minimum absolute atomic E-state index is 0.293. The van der Waals surface area contributed by atoms with E-state index in [-0.39, 0.29) is 12.5 Å². The average Bonchev–Trinajstić information content (AvgIpc) is 2.25. The Morgan fingerprint density at radius 2 is 2.12 bits per heavy atom. The zero-order valence-electron chi connectivity index (χ0n) is 9.33. The van der Waals surface area contributed by atoms with Gasteiger partial charge in [-0.2, -0.15) is 0 Å². The second kappa shape index (κ2) is 6.24. The van der Waals surface area contributed by atoms with Crippen LogP contribution in [0.2, 0.25) is 0 Å². The standard InChI is InChI=1S/C11H13BrN2O3/c1-2-14-10(15)6-17-11(16)7-3-8(12)5-9(13)4-7/h3-5H,2,6,13H2,1H3,(H,14,15). The Kier molecular flexibility index (Phi) is 4.96. The van der Waals surface area contributed by atoms with E-state index >= 15 is 0 Å². The summed E-state index contributed by atoms with van der Waals surface area (Å²) in [5.74, 6) is -0.909. The van der Waals surface area contributed by atoms with Gasteiger partial charge in [-0.25, -0.2) is 4.79 Å². The summed E-state index contributed by atoms with van der Waals surface area (Å²) in [5, 5.41) is 2.52. The third-order valence-electron chi connectivity index (χ3n) is 1.86. The first-order chi connectivity index (χ1) is 8.02. The first kappa shape index (κ1) is 13.5. The van der Waals surface area contributed by atoms with Gasteiger partial charge in [0.15, 0.2) is 6.61 Å². The number of halogens is 1. The van der Waals surface area contributed by atoms with Crippen molar-refractivity contribution in [1.82, 2.24) is 5.32 Å². The summed E-state index contributed by atoms with van der Waals surface area (Å²) in [6.45, 7) is 1.99. The van der Waals surface area contributed by atoms with Gasteiger partial charge in [0.2, 0.25) is 0 Å². The number of nitrogens with one attached hydrogen (secondary N) is 1. The molecule has 0 saturated carbocycles. The summed E-state index contributed by atoms with van der Waals surface area (Å²) < 4.78 is 5.51. The third kappa shape index (κ3) is 4.44. The number of likely N-dealkylation sites (N-methyl/N-ethyl adjacent to an activating group) is 1. The van der Waals surface area contributed by atoms with Gasteiger partial charge in [-0.15, -0.1) is 0 Å². The molecule has 5 nitrogen and oxygen atoms in total. The Hall–Kier alpha value is -1.56. The van der Waals surface area contributed by atoms with Crippen molar-refractivity contribution in [3.63, 3.8) is 0 Å². The van der Waals surface area contributed by atoms with E-state index in [9.17, 15) is 9.59 Å². The normalized spacial score (nSPS) is 9.76. The van der Waals surface area contributed by atoms with Gasteiger partial charge in [0.1, 0.15) is 0 Å². The zero-order valence-corrected chi connectivity index (χ0v) is 10.9. The highest BCUT2D eigenvalue weighted by Gasteiger charge is 2.10. The maximum absolute atomic E-state index is 11.6. The lowest BCUT2D eigenvalue weighted by Gasteiger charge is -2.06. The van der Waals surface area contributed by atoms with Crippen LogP contribution in [-0.4, -0.2) is 25.0 Å². The second-order valence-corrected chi connectivity index (χ2v) is 4.22. The molecule has 6 heteroatoms.